The van der Waals surface area contributed by atoms with Gasteiger partial charge in [0.25, 0.3) is 10.0 Å². The molecule has 0 aliphatic carbocycles. The summed E-state index contributed by atoms with van der Waals surface area (Å²) in [6, 6.07) is 6.31. The Kier molecular flexibility index (Phi) is 4.44. The fourth-order valence-corrected chi connectivity index (χ4v) is 3.02. The lowest BCUT2D eigenvalue weighted by molar-refractivity contribution is 0.409. The number of ether oxygens (including phenoxy) is 1. The average molecular weight is 307 g/mol. The van der Waals surface area contributed by atoms with Gasteiger partial charge in [0.2, 0.25) is 0 Å². The summed E-state index contributed by atoms with van der Waals surface area (Å²) in [5.41, 5.74) is 7.48. The zero-order valence-corrected chi connectivity index (χ0v) is 12.6. The minimum atomic E-state index is -3.69. The zero-order chi connectivity index (χ0) is 15.5. The van der Waals surface area contributed by atoms with Gasteiger partial charge < -0.3 is 10.5 Å². The van der Waals surface area contributed by atoms with Crippen molar-refractivity contribution in [3.05, 3.63) is 47.8 Å². The number of anilines is 1. The molecule has 1 aromatic heterocycles. The highest BCUT2D eigenvalue weighted by atomic mass is 32.2. The van der Waals surface area contributed by atoms with Crippen LogP contribution in [-0.4, -0.2) is 20.5 Å². The van der Waals surface area contributed by atoms with E-state index in [-0.39, 0.29) is 11.4 Å². The first-order valence-electron chi connectivity index (χ1n) is 6.28. The Morgan fingerprint density at radius 3 is 2.71 bits per heavy atom. The molecule has 0 saturated carbocycles. The monoisotopic (exact) mass is 307 g/mol. The number of aryl methyl sites for hydroxylation is 1. The summed E-state index contributed by atoms with van der Waals surface area (Å²) in [7, 11) is -2.18. The minimum Gasteiger partial charge on any atom is -0.496 e. The van der Waals surface area contributed by atoms with Crippen molar-refractivity contribution in [1.82, 2.24) is 4.98 Å². The predicted molar refractivity (Wildman–Crippen MR) is 80.7 cm³/mol. The van der Waals surface area contributed by atoms with Gasteiger partial charge in [0.1, 0.15) is 5.75 Å². The van der Waals surface area contributed by atoms with Gasteiger partial charge in [0, 0.05) is 18.3 Å². The first-order chi connectivity index (χ1) is 9.97. The maximum absolute atomic E-state index is 12.4. The maximum atomic E-state index is 12.4. The molecule has 21 heavy (non-hydrogen) atoms. The van der Waals surface area contributed by atoms with Gasteiger partial charge in [-0.3, -0.25) is 9.71 Å². The summed E-state index contributed by atoms with van der Waals surface area (Å²) in [4.78, 5) is 4.05. The first-order valence-corrected chi connectivity index (χ1v) is 7.76. The first kappa shape index (κ1) is 15.3. The van der Waals surface area contributed by atoms with Gasteiger partial charge in [-0.2, -0.15) is 0 Å². The lowest BCUT2D eigenvalue weighted by Gasteiger charge is -2.12. The van der Waals surface area contributed by atoms with Crippen LogP contribution in [0.15, 0.2) is 41.6 Å². The van der Waals surface area contributed by atoms with Gasteiger partial charge >= 0.3 is 0 Å². The van der Waals surface area contributed by atoms with E-state index in [2.05, 4.69) is 9.71 Å². The lowest BCUT2D eigenvalue weighted by atomic mass is 10.2. The van der Waals surface area contributed by atoms with E-state index in [1.54, 1.807) is 25.3 Å². The van der Waals surface area contributed by atoms with Crippen molar-refractivity contribution in [2.24, 2.45) is 5.73 Å². The van der Waals surface area contributed by atoms with E-state index >= 15 is 0 Å². The Bertz CT molecular complexity index is 745. The Morgan fingerprint density at radius 2 is 2.10 bits per heavy atom. The number of nitrogens with zero attached hydrogens (tertiary/aromatic N) is 1. The minimum absolute atomic E-state index is 0.131. The number of pyridine rings is 1. The quantitative estimate of drug-likeness (QED) is 0.876. The van der Waals surface area contributed by atoms with E-state index in [4.69, 9.17) is 10.5 Å². The molecule has 6 nitrogen and oxygen atoms in total. The second-order valence-electron chi connectivity index (χ2n) is 4.47. The molecule has 0 spiro atoms. The molecule has 7 heteroatoms. The standard InChI is InChI=1S/C14H17N3O3S/c1-10-5-6-16-9-13(10)17-21(18,19)12-3-4-14(20-2)11(7-12)8-15/h3-7,9,17H,8,15H2,1-2H3. The van der Waals surface area contributed by atoms with Crippen molar-refractivity contribution in [3.63, 3.8) is 0 Å². The lowest BCUT2D eigenvalue weighted by Crippen LogP contribution is -2.14. The van der Waals surface area contributed by atoms with Gasteiger partial charge in [-0.15, -0.1) is 0 Å². The van der Waals surface area contributed by atoms with Crippen molar-refractivity contribution in [3.8, 4) is 5.75 Å². The summed E-state index contributed by atoms with van der Waals surface area (Å²) in [5, 5.41) is 0. The van der Waals surface area contributed by atoms with Crippen LogP contribution in [0.2, 0.25) is 0 Å². The van der Waals surface area contributed by atoms with Crippen molar-refractivity contribution >= 4 is 15.7 Å². The van der Waals surface area contributed by atoms with Crippen LogP contribution in [0.1, 0.15) is 11.1 Å². The molecule has 0 fully saturated rings. The van der Waals surface area contributed by atoms with Crippen LogP contribution in [0.4, 0.5) is 5.69 Å². The summed E-state index contributed by atoms with van der Waals surface area (Å²) in [5.74, 6) is 0.564. The summed E-state index contributed by atoms with van der Waals surface area (Å²) < 4.78 is 32.5. The van der Waals surface area contributed by atoms with Crippen molar-refractivity contribution in [1.29, 1.82) is 0 Å². The number of aromatic nitrogens is 1. The highest BCUT2D eigenvalue weighted by Crippen LogP contribution is 2.24. The molecule has 2 aromatic rings. The normalized spacial score (nSPS) is 11.2. The van der Waals surface area contributed by atoms with Crippen LogP contribution in [0.5, 0.6) is 5.75 Å². The van der Waals surface area contributed by atoms with Crippen LogP contribution >= 0.6 is 0 Å². The van der Waals surface area contributed by atoms with E-state index in [1.165, 1.54) is 25.4 Å². The summed E-state index contributed by atoms with van der Waals surface area (Å²) >= 11 is 0. The number of hydrogen-bond donors (Lipinski definition) is 2. The number of hydrogen-bond acceptors (Lipinski definition) is 5. The van der Waals surface area contributed by atoms with E-state index < -0.39 is 10.0 Å². The van der Waals surface area contributed by atoms with E-state index in [0.29, 0.717) is 17.0 Å². The molecule has 1 heterocycles. The third-order valence-corrected chi connectivity index (χ3v) is 4.43. The Balaban J connectivity index is 2.38. The number of methoxy groups -OCH3 is 1. The number of sulfonamides is 1. The topological polar surface area (TPSA) is 94.3 Å². The molecule has 0 amide bonds. The third-order valence-electron chi connectivity index (χ3n) is 3.07. The summed E-state index contributed by atoms with van der Waals surface area (Å²) in [6.45, 7) is 2.00. The van der Waals surface area contributed by atoms with Crippen LogP contribution in [0.25, 0.3) is 0 Å². The number of nitrogens with two attached hydrogens (primary N) is 1. The third kappa shape index (κ3) is 3.32. The Morgan fingerprint density at radius 1 is 1.33 bits per heavy atom. The molecular weight excluding hydrogens is 290 g/mol. The van der Waals surface area contributed by atoms with Gasteiger partial charge in [-0.25, -0.2) is 8.42 Å². The Labute approximate surface area is 124 Å². The molecule has 0 radical (unpaired) electrons. The molecule has 0 bridgehead atoms. The van der Waals surface area contributed by atoms with Crippen molar-refractivity contribution in [2.75, 3.05) is 11.8 Å². The fraction of sp³-hybridized carbons (Fsp3) is 0.214. The molecule has 0 aliphatic rings. The van der Waals surface area contributed by atoms with Crippen LogP contribution in [-0.2, 0) is 16.6 Å². The molecule has 1 aromatic carbocycles. The van der Waals surface area contributed by atoms with Crippen molar-refractivity contribution < 1.29 is 13.2 Å². The number of nitrogens with one attached hydrogen (secondary N) is 1. The molecule has 112 valence electrons. The number of rotatable bonds is 5. The van der Waals surface area contributed by atoms with E-state index in [0.717, 1.165) is 5.56 Å². The second kappa shape index (κ2) is 6.11. The van der Waals surface area contributed by atoms with E-state index in [1.807, 2.05) is 0 Å². The largest absolute Gasteiger partial charge is 0.496 e. The van der Waals surface area contributed by atoms with Crippen LogP contribution in [0, 0.1) is 6.92 Å². The molecule has 0 unspecified atom stereocenters. The predicted octanol–water partition coefficient (Wildman–Crippen LogP) is 1.66. The maximum Gasteiger partial charge on any atom is 0.261 e. The smallest absolute Gasteiger partial charge is 0.261 e. The highest BCUT2D eigenvalue weighted by Gasteiger charge is 2.17. The molecule has 2 rings (SSSR count). The van der Waals surface area contributed by atoms with Gasteiger partial charge in [0.15, 0.2) is 0 Å². The zero-order valence-electron chi connectivity index (χ0n) is 11.8. The van der Waals surface area contributed by atoms with Gasteiger partial charge in [-0.1, -0.05) is 0 Å². The Hall–Kier alpha value is -2.12. The SMILES string of the molecule is COc1ccc(S(=O)(=O)Nc2cnccc2C)cc1CN. The van der Waals surface area contributed by atoms with Gasteiger partial charge in [-0.05, 0) is 36.8 Å². The molecule has 3 N–H and O–H groups in total. The van der Waals surface area contributed by atoms with Gasteiger partial charge in [0.05, 0.1) is 23.9 Å². The molecule has 0 saturated heterocycles. The fourth-order valence-electron chi connectivity index (χ4n) is 1.86. The highest BCUT2D eigenvalue weighted by molar-refractivity contribution is 7.92. The van der Waals surface area contributed by atoms with E-state index in [9.17, 15) is 8.42 Å². The van der Waals surface area contributed by atoms with Crippen LogP contribution < -0.4 is 15.2 Å². The molecule has 0 aliphatic heterocycles. The summed E-state index contributed by atoms with van der Waals surface area (Å²) in [6.07, 6.45) is 3.08. The molecule has 0 atom stereocenters. The average Bonchev–Trinajstić information content (AvgIpc) is 2.48. The number of benzene rings is 1. The second-order valence-corrected chi connectivity index (χ2v) is 6.16. The van der Waals surface area contributed by atoms with Crippen LogP contribution in [0.3, 0.4) is 0 Å². The van der Waals surface area contributed by atoms with Crippen molar-refractivity contribution in [2.45, 2.75) is 18.4 Å². The molecular formula is C14H17N3O3S.